The minimum atomic E-state index is -0.504. The lowest BCUT2D eigenvalue weighted by Gasteiger charge is -2.13. The molecular formula is C22H22O5. The Labute approximate surface area is 158 Å². The van der Waals surface area contributed by atoms with Crippen LogP contribution in [0.5, 0.6) is 23.0 Å². The maximum absolute atomic E-state index is 11.4. The van der Waals surface area contributed by atoms with Crippen molar-refractivity contribution in [3.05, 3.63) is 72.8 Å². The first-order valence-electron chi connectivity index (χ1n) is 8.62. The van der Waals surface area contributed by atoms with Crippen LogP contribution in [0.25, 0.3) is 0 Å². The standard InChI is InChI=1S/C22H22O5/c1-5-15-13-17(9-11-19(15)26-21(23)7-3)25-18-10-12-20(16(6-2)14-18)27-22(24)8-4/h7-14H,3-6H2,1-2H3. The van der Waals surface area contributed by atoms with Crippen LogP contribution in [0.1, 0.15) is 25.0 Å². The number of carbonyl (C=O) groups is 2. The van der Waals surface area contributed by atoms with Crippen molar-refractivity contribution in [3.63, 3.8) is 0 Å². The van der Waals surface area contributed by atoms with Crippen molar-refractivity contribution in [1.82, 2.24) is 0 Å². The van der Waals surface area contributed by atoms with E-state index in [9.17, 15) is 9.59 Å². The van der Waals surface area contributed by atoms with Crippen LogP contribution >= 0.6 is 0 Å². The first-order valence-corrected chi connectivity index (χ1v) is 8.62. The van der Waals surface area contributed by atoms with E-state index in [2.05, 4.69) is 13.2 Å². The molecule has 0 radical (unpaired) electrons. The lowest BCUT2D eigenvalue weighted by atomic mass is 10.1. The average Bonchev–Trinajstić information content (AvgIpc) is 2.69. The van der Waals surface area contributed by atoms with Crippen LogP contribution in [-0.2, 0) is 22.4 Å². The third-order valence-electron chi connectivity index (χ3n) is 3.82. The summed E-state index contributed by atoms with van der Waals surface area (Å²) in [6.45, 7) is 10.7. The molecule has 5 nitrogen and oxygen atoms in total. The van der Waals surface area contributed by atoms with Crippen LogP contribution in [-0.4, -0.2) is 11.9 Å². The molecule has 5 heteroatoms. The smallest absolute Gasteiger partial charge is 0.335 e. The number of ether oxygens (including phenoxy) is 3. The van der Waals surface area contributed by atoms with E-state index in [1.807, 2.05) is 26.0 Å². The Bertz CT molecular complexity index is 796. The van der Waals surface area contributed by atoms with Gasteiger partial charge in [-0.15, -0.1) is 0 Å². The van der Waals surface area contributed by atoms with Gasteiger partial charge in [-0.1, -0.05) is 27.0 Å². The molecule has 0 aliphatic carbocycles. The van der Waals surface area contributed by atoms with Crippen LogP contribution in [0, 0.1) is 0 Å². The van der Waals surface area contributed by atoms with Crippen LogP contribution < -0.4 is 14.2 Å². The summed E-state index contributed by atoms with van der Waals surface area (Å²) in [5.74, 6) is 1.18. The third kappa shape index (κ3) is 5.31. The Morgan fingerprint density at radius 3 is 1.56 bits per heavy atom. The quantitative estimate of drug-likeness (QED) is 0.382. The normalized spacial score (nSPS) is 10.0. The van der Waals surface area contributed by atoms with Crippen molar-refractivity contribution < 1.29 is 23.8 Å². The number of benzene rings is 2. The van der Waals surface area contributed by atoms with Gasteiger partial charge in [-0.2, -0.15) is 0 Å². The summed E-state index contributed by atoms with van der Waals surface area (Å²) in [6, 6.07) is 10.5. The zero-order chi connectivity index (χ0) is 19.8. The van der Waals surface area contributed by atoms with Gasteiger partial charge in [-0.05, 0) is 60.4 Å². The van der Waals surface area contributed by atoms with E-state index < -0.39 is 11.9 Å². The van der Waals surface area contributed by atoms with Gasteiger partial charge in [0.25, 0.3) is 0 Å². The van der Waals surface area contributed by atoms with Gasteiger partial charge < -0.3 is 14.2 Å². The zero-order valence-electron chi connectivity index (χ0n) is 15.5. The Morgan fingerprint density at radius 2 is 1.22 bits per heavy atom. The molecule has 140 valence electrons. The summed E-state index contributed by atoms with van der Waals surface area (Å²) in [5, 5.41) is 0. The van der Waals surface area contributed by atoms with Gasteiger partial charge in [0, 0.05) is 12.2 Å². The largest absolute Gasteiger partial charge is 0.457 e. The molecule has 0 aliphatic rings. The summed E-state index contributed by atoms with van der Waals surface area (Å²) < 4.78 is 16.4. The molecule has 0 atom stereocenters. The fourth-order valence-corrected chi connectivity index (χ4v) is 2.43. The highest BCUT2D eigenvalue weighted by atomic mass is 16.5. The summed E-state index contributed by atoms with van der Waals surface area (Å²) in [7, 11) is 0. The van der Waals surface area contributed by atoms with Crippen molar-refractivity contribution >= 4 is 11.9 Å². The van der Waals surface area contributed by atoms with E-state index in [-0.39, 0.29) is 0 Å². The molecule has 0 spiro atoms. The molecule has 2 aromatic rings. The molecule has 0 aromatic heterocycles. The topological polar surface area (TPSA) is 61.8 Å². The second kappa shape index (κ2) is 9.38. The minimum absolute atomic E-state index is 0.482. The summed E-state index contributed by atoms with van der Waals surface area (Å²) >= 11 is 0. The van der Waals surface area contributed by atoms with Gasteiger partial charge in [0.05, 0.1) is 0 Å². The van der Waals surface area contributed by atoms with Crippen molar-refractivity contribution in [3.8, 4) is 23.0 Å². The van der Waals surface area contributed by atoms with E-state index in [1.165, 1.54) is 0 Å². The molecule has 0 saturated heterocycles. The zero-order valence-corrected chi connectivity index (χ0v) is 15.5. The molecule has 27 heavy (non-hydrogen) atoms. The first kappa shape index (κ1) is 20.0. The molecular weight excluding hydrogens is 344 g/mol. The summed E-state index contributed by atoms with van der Waals surface area (Å²) in [6.07, 6.45) is 3.59. The van der Waals surface area contributed by atoms with Gasteiger partial charge in [0.15, 0.2) is 0 Å². The molecule has 0 unspecified atom stereocenters. The van der Waals surface area contributed by atoms with Crippen molar-refractivity contribution in [2.75, 3.05) is 0 Å². The highest BCUT2D eigenvalue weighted by molar-refractivity contribution is 5.84. The van der Waals surface area contributed by atoms with Crippen molar-refractivity contribution in [2.24, 2.45) is 0 Å². The molecule has 0 heterocycles. The number of carbonyl (C=O) groups excluding carboxylic acids is 2. The lowest BCUT2D eigenvalue weighted by Crippen LogP contribution is -2.05. The monoisotopic (exact) mass is 366 g/mol. The maximum atomic E-state index is 11.4. The average molecular weight is 366 g/mol. The molecule has 0 aliphatic heterocycles. The van der Waals surface area contributed by atoms with Gasteiger partial charge >= 0.3 is 11.9 Å². The number of esters is 2. The second-order valence-electron chi connectivity index (χ2n) is 5.60. The van der Waals surface area contributed by atoms with Gasteiger partial charge in [0.1, 0.15) is 23.0 Å². The molecule has 2 rings (SSSR count). The Kier molecular flexibility index (Phi) is 6.94. The van der Waals surface area contributed by atoms with E-state index >= 15 is 0 Å². The SMILES string of the molecule is C=CC(=O)Oc1ccc(Oc2ccc(OC(=O)C=C)c(CC)c2)cc1CC. The highest BCUT2D eigenvalue weighted by Crippen LogP contribution is 2.31. The number of hydrogen-bond acceptors (Lipinski definition) is 5. The van der Waals surface area contributed by atoms with E-state index in [1.54, 1.807) is 24.3 Å². The number of hydrogen-bond donors (Lipinski definition) is 0. The predicted octanol–water partition coefficient (Wildman–Crippen LogP) is 4.79. The van der Waals surface area contributed by atoms with Crippen molar-refractivity contribution in [2.45, 2.75) is 26.7 Å². The Hall–Kier alpha value is -3.34. The molecule has 0 amide bonds. The van der Waals surface area contributed by atoms with Crippen LogP contribution in [0.15, 0.2) is 61.7 Å². The lowest BCUT2D eigenvalue weighted by molar-refractivity contribution is -0.129. The number of aryl methyl sites for hydroxylation is 2. The Morgan fingerprint density at radius 1 is 0.815 bits per heavy atom. The fraction of sp³-hybridized carbons (Fsp3) is 0.182. The summed E-state index contributed by atoms with van der Waals surface area (Å²) in [5.41, 5.74) is 1.69. The molecule has 0 N–H and O–H groups in total. The maximum Gasteiger partial charge on any atom is 0.335 e. The van der Waals surface area contributed by atoms with Crippen LogP contribution in [0.2, 0.25) is 0 Å². The molecule has 0 saturated carbocycles. The first-order chi connectivity index (χ1) is 13.0. The molecule has 2 aromatic carbocycles. The minimum Gasteiger partial charge on any atom is -0.457 e. The van der Waals surface area contributed by atoms with E-state index in [4.69, 9.17) is 14.2 Å². The van der Waals surface area contributed by atoms with Gasteiger partial charge in [-0.3, -0.25) is 0 Å². The highest BCUT2D eigenvalue weighted by Gasteiger charge is 2.11. The molecule has 0 bridgehead atoms. The third-order valence-corrected chi connectivity index (χ3v) is 3.82. The van der Waals surface area contributed by atoms with Gasteiger partial charge in [-0.25, -0.2) is 9.59 Å². The van der Waals surface area contributed by atoms with Crippen LogP contribution in [0.4, 0.5) is 0 Å². The molecule has 0 fully saturated rings. The fourth-order valence-electron chi connectivity index (χ4n) is 2.43. The van der Waals surface area contributed by atoms with E-state index in [0.717, 1.165) is 23.3 Å². The number of rotatable bonds is 8. The van der Waals surface area contributed by atoms with Crippen LogP contribution in [0.3, 0.4) is 0 Å². The van der Waals surface area contributed by atoms with E-state index in [0.29, 0.717) is 35.8 Å². The Balaban J connectivity index is 2.23. The predicted molar refractivity (Wildman–Crippen MR) is 103 cm³/mol. The van der Waals surface area contributed by atoms with Gasteiger partial charge in [0.2, 0.25) is 0 Å². The summed E-state index contributed by atoms with van der Waals surface area (Å²) in [4.78, 5) is 22.8. The van der Waals surface area contributed by atoms with Crippen molar-refractivity contribution in [1.29, 1.82) is 0 Å². The second-order valence-corrected chi connectivity index (χ2v) is 5.60.